The highest BCUT2D eigenvalue weighted by Gasteiger charge is 2.38. The number of piperidine rings is 1. The van der Waals surface area contributed by atoms with Gasteiger partial charge in [0.1, 0.15) is 6.04 Å². The summed E-state index contributed by atoms with van der Waals surface area (Å²) < 4.78 is 26.2. The number of carbonyl (C=O) groups is 1. The van der Waals surface area contributed by atoms with Gasteiger partial charge >= 0.3 is 0 Å². The number of rotatable bonds is 7. The second kappa shape index (κ2) is 9.02. The maximum atomic E-state index is 12.7. The van der Waals surface area contributed by atoms with E-state index in [0.29, 0.717) is 19.4 Å². The number of nitrogens with one attached hydrogen (secondary N) is 1. The van der Waals surface area contributed by atoms with Gasteiger partial charge in [0.2, 0.25) is 15.9 Å². The molecule has 1 N–H and O–H groups in total. The van der Waals surface area contributed by atoms with Crippen LogP contribution in [0.1, 0.15) is 64.7 Å². The Morgan fingerprint density at radius 1 is 1.00 bits per heavy atom. The Labute approximate surface area is 158 Å². The normalized spacial score (nSPS) is 27.2. The van der Waals surface area contributed by atoms with Crippen molar-refractivity contribution in [3.63, 3.8) is 0 Å². The van der Waals surface area contributed by atoms with Gasteiger partial charge in [-0.2, -0.15) is 4.31 Å². The number of carbonyl (C=O) groups excluding carboxylic acids is 1. The van der Waals surface area contributed by atoms with Crippen molar-refractivity contribution in [1.82, 2.24) is 14.5 Å². The second-order valence-electron chi connectivity index (χ2n) is 8.32. The SMILES string of the molecule is CCCS(=O)(=O)N1CCCC1C(=O)NC1CCN(CC2CCCC2)CC1. The summed E-state index contributed by atoms with van der Waals surface area (Å²) in [6.45, 7) is 5.66. The summed E-state index contributed by atoms with van der Waals surface area (Å²) in [6, 6.07) is -0.304. The van der Waals surface area contributed by atoms with E-state index in [1.807, 2.05) is 6.92 Å². The third-order valence-corrected chi connectivity index (χ3v) is 8.33. The Morgan fingerprint density at radius 2 is 1.69 bits per heavy atom. The lowest BCUT2D eigenvalue weighted by molar-refractivity contribution is -0.125. The summed E-state index contributed by atoms with van der Waals surface area (Å²) in [6.07, 6.45) is 9.50. The molecule has 2 heterocycles. The quantitative estimate of drug-likeness (QED) is 0.727. The summed E-state index contributed by atoms with van der Waals surface area (Å²) >= 11 is 0. The molecule has 0 aromatic heterocycles. The average molecular weight is 386 g/mol. The molecule has 6 nitrogen and oxygen atoms in total. The second-order valence-corrected chi connectivity index (χ2v) is 10.4. The number of nitrogens with zero attached hydrogens (tertiary/aromatic N) is 2. The smallest absolute Gasteiger partial charge is 0.238 e. The Morgan fingerprint density at radius 3 is 2.35 bits per heavy atom. The highest BCUT2D eigenvalue weighted by molar-refractivity contribution is 7.89. The van der Waals surface area contributed by atoms with Crippen LogP contribution in [0.15, 0.2) is 0 Å². The van der Waals surface area contributed by atoms with Gasteiger partial charge in [-0.25, -0.2) is 8.42 Å². The van der Waals surface area contributed by atoms with Crippen molar-refractivity contribution in [3.05, 3.63) is 0 Å². The molecule has 1 aliphatic carbocycles. The van der Waals surface area contributed by atoms with Crippen LogP contribution >= 0.6 is 0 Å². The van der Waals surface area contributed by atoms with Crippen LogP contribution < -0.4 is 5.32 Å². The minimum Gasteiger partial charge on any atom is -0.352 e. The van der Waals surface area contributed by atoms with E-state index < -0.39 is 16.1 Å². The van der Waals surface area contributed by atoms with Crippen molar-refractivity contribution in [1.29, 1.82) is 0 Å². The molecule has 1 unspecified atom stereocenters. The Balaban J connectivity index is 1.46. The number of sulfonamides is 1. The molecule has 0 radical (unpaired) electrons. The predicted molar refractivity (Wildman–Crippen MR) is 103 cm³/mol. The van der Waals surface area contributed by atoms with Gasteiger partial charge in [-0.1, -0.05) is 19.8 Å². The fraction of sp³-hybridized carbons (Fsp3) is 0.947. The van der Waals surface area contributed by atoms with E-state index in [0.717, 1.165) is 38.3 Å². The van der Waals surface area contributed by atoms with Crippen LogP contribution in [-0.4, -0.2) is 67.5 Å². The van der Waals surface area contributed by atoms with Crippen LogP contribution in [0.4, 0.5) is 0 Å². The Kier molecular flexibility index (Phi) is 6.97. The van der Waals surface area contributed by atoms with Crippen LogP contribution in [0.5, 0.6) is 0 Å². The minimum atomic E-state index is -3.30. The lowest BCUT2D eigenvalue weighted by Crippen LogP contribution is -2.52. The molecule has 3 aliphatic rings. The molecule has 2 saturated heterocycles. The number of amides is 1. The molecule has 26 heavy (non-hydrogen) atoms. The van der Waals surface area contributed by atoms with Crippen LogP contribution in [0.2, 0.25) is 0 Å². The molecule has 0 aromatic rings. The molecular formula is C19H35N3O3S. The van der Waals surface area contributed by atoms with Crippen LogP contribution in [0.3, 0.4) is 0 Å². The Bertz CT molecular complexity index is 567. The monoisotopic (exact) mass is 385 g/mol. The van der Waals surface area contributed by atoms with Gasteiger partial charge < -0.3 is 10.2 Å². The third-order valence-electron chi connectivity index (χ3n) is 6.25. The zero-order chi connectivity index (χ0) is 18.6. The maximum Gasteiger partial charge on any atom is 0.238 e. The van der Waals surface area contributed by atoms with Crippen LogP contribution in [0, 0.1) is 5.92 Å². The van der Waals surface area contributed by atoms with E-state index in [1.165, 1.54) is 36.5 Å². The van der Waals surface area contributed by atoms with Gasteiger partial charge in [0.15, 0.2) is 0 Å². The zero-order valence-electron chi connectivity index (χ0n) is 16.2. The summed E-state index contributed by atoms with van der Waals surface area (Å²) in [5, 5.41) is 3.15. The Hall–Kier alpha value is -0.660. The fourth-order valence-corrected chi connectivity index (χ4v) is 6.57. The van der Waals surface area contributed by atoms with E-state index in [1.54, 1.807) is 0 Å². The van der Waals surface area contributed by atoms with E-state index >= 15 is 0 Å². The van der Waals surface area contributed by atoms with Gasteiger partial charge in [0.05, 0.1) is 5.75 Å². The molecule has 0 spiro atoms. The van der Waals surface area contributed by atoms with E-state index in [4.69, 9.17) is 0 Å². The first-order chi connectivity index (χ1) is 12.5. The first-order valence-electron chi connectivity index (χ1n) is 10.5. The molecule has 150 valence electrons. The van der Waals surface area contributed by atoms with E-state index in [2.05, 4.69) is 10.2 Å². The van der Waals surface area contributed by atoms with Gasteiger partial charge in [0, 0.05) is 32.2 Å². The summed E-state index contributed by atoms with van der Waals surface area (Å²) in [5.41, 5.74) is 0. The predicted octanol–water partition coefficient (Wildman–Crippen LogP) is 1.96. The lowest BCUT2D eigenvalue weighted by Gasteiger charge is -2.34. The van der Waals surface area contributed by atoms with Gasteiger partial charge in [0.25, 0.3) is 0 Å². The summed E-state index contributed by atoms with van der Waals surface area (Å²) in [5.74, 6) is 0.921. The molecule has 0 aromatic carbocycles. The van der Waals surface area contributed by atoms with Crippen molar-refractivity contribution >= 4 is 15.9 Å². The third kappa shape index (κ3) is 4.98. The van der Waals surface area contributed by atoms with Crippen LogP contribution in [-0.2, 0) is 14.8 Å². The maximum absolute atomic E-state index is 12.7. The summed E-state index contributed by atoms with van der Waals surface area (Å²) in [4.78, 5) is 15.3. The lowest BCUT2D eigenvalue weighted by atomic mass is 10.0. The first kappa shape index (κ1) is 20.1. The summed E-state index contributed by atoms with van der Waals surface area (Å²) in [7, 11) is -3.30. The van der Waals surface area contributed by atoms with Crippen molar-refractivity contribution < 1.29 is 13.2 Å². The average Bonchev–Trinajstić information content (AvgIpc) is 3.28. The van der Waals surface area contributed by atoms with Gasteiger partial charge in [-0.3, -0.25) is 4.79 Å². The zero-order valence-corrected chi connectivity index (χ0v) is 17.0. The fourth-order valence-electron chi connectivity index (χ4n) is 4.83. The van der Waals surface area contributed by atoms with Crippen molar-refractivity contribution in [3.8, 4) is 0 Å². The molecule has 0 bridgehead atoms. The standard InChI is InChI=1S/C19H35N3O3S/c1-2-14-26(24,25)22-11-5-8-18(22)19(23)20-17-9-12-21(13-10-17)15-16-6-3-4-7-16/h16-18H,2-15H2,1H3,(H,20,23). The first-order valence-corrected chi connectivity index (χ1v) is 12.1. The topological polar surface area (TPSA) is 69.7 Å². The molecule has 2 aliphatic heterocycles. The highest BCUT2D eigenvalue weighted by atomic mass is 32.2. The molecule has 1 amide bonds. The molecule has 1 atom stereocenters. The largest absolute Gasteiger partial charge is 0.352 e. The molecule has 3 fully saturated rings. The van der Waals surface area contributed by atoms with Crippen molar-refractivity contribution in [2.75, 3.05) is 31.9 Å². The van der Waals surface area contributed by atoms with Crippen molar-refractivity contribution in [2.45, 2.75) is 76.8 Å². The molecule has 7 heteroatoms. The van der Waals surface area contributed by atoms with Crippen molar-refractivity contribution in [2.24, 2.45) is 5.92 Å². The highest BCUT2D eigenvalue weighted by Crippen LogP contribution is 2.27. The number of hydrogen-bond donors (Lipinski definition) is 1. The molecular weight excluding hydrogens is 350 g/mol. The van der Waals surface area contributed by atoms with Gasteiger partial charge in [-0.15, -0.1) is 0 Å². The van der Waals surface area contributed by atoms with E-state index in [-0.39, 0.29) is 17.7 Å². The number of hydrogen-bond acceptors (Lipinski definition) is 4. The van der Waals surface area contributed by atoms with E-state index in [9.17, 15) is 13.2 Å². The van der Waals surface area contributed by atoms with Crippen LogP contribution in [0.25, 0.3) is 0 Å². The number of likely N-dealkylation sites (tertiary alicyclic amines) is 1. The van der Waals surface area contributed by atoms with Gasteiger partial charge in [-0.05, 0) is 50.9 Å². The molecule has 1 saturated carbocycles. The molecule has 3 rings (SSSR count). The minimum absolute atomic E-state index is 0.0866.